The van der Waals surface area contributed by atoms with Crippen LogP contribution in [0, 0.1) is 19.8 Å². The molecule has 0 saturated carbocycles. The van der Waals surface area contributed by atoms with E-state index in [0.717, 1.165) is 0 Å². The van der Waals surface area contributed by atoms with Crippen molar-refractivity contribution in [3.63, 3.8) is 0 Å². The molecule has 2 radical (unpaired) electrons. The number of piperidine rings is 1. The molecular formula is C12H25N. The van der Waals surface area contributed by atoms with E-state index in [9.17, 15) is 0 Å². The van der Waals surface area contributed by atoms with Crippen LogP contribution in [0.3, 0.4) is 0 Å². The van der Waals surface area contributed by atoms with Gasteiger partial charge in [-0.25, -0.2) is 0 Å². The fourth-order valence-corrected chi connectivity index (χ4v) is 2.53. The molecule has 0 aromatic carbocycles. The van der Waals surface area contributed by atoms with Crippen LogP contribution in [0.5, 0.6) is 0 Å². The van der Waals surface area contributed by atoms with Gasteiger partial charge in [0.05, 0.1) is 0 Å². The van der Waals surface area contributed by atoms with Crippen molar-refractivity contribution >= 4 is 0 Å². The minimum Gasteiger partial charge on any atom is -0.307 e. The van der Waals surface area contributed by atoms with Crippen molar-refractivity contribution in [1.82, 2.24) is 5.32 Å². The summed E-state index contributed by atoms with van der Waals surface area (Å²) in [5.74, 6) is 0.612. The maximum absolute atomic E-state index is 4.15. The molecule has 0 unspecified atom stereocenters. The largest absolute Gasteiger partial charge is 0.307 e. The lowest BCUT2D eigenvalue weighted by Gasteiger charge is -2.45. The molecule has 1 aliphatic rings. The van der Waals surface area contributed by atoms with Crippen LogP contribution in [0.25, 0.3) is 0 Å². The van der Waals surface area contributed by atoms with Gasteiger partial charge in [0.2, 0.25) is 0 Å². The van der Waals surface area contributed by atoms with Crippen molar-refractivity contribution in [2.75, 3.05) is 0 Å². The molecule has 13 heavy (non-hydrogen) atoms. The summed E-state index contributed by atoms with van der Waals surface area (Å²) >= 11 is 0. The summed E-state index contributed by atoms with van der Waals surface area (Å²) in [5.41, 5.74) is 0.544. The van der Waals surface area contributed by atoms with E-state index < -0.39 is 0 Å². The summed E-state index contributed by atoms with van der Waals surface area (Å²) in [6.07, 6.45) is 2.38. The second-order valence-corrected chi connectivity index (χ2v) is 5.17. The SMILES string of the molecule is [CH2]C.[CH2]C1CC(C)(C)NC(C)(C)C1. The highest BCUT2D eigenvalue weighted by atomic mass is 15.0. The second kappa shape index (κ2) is 4.45. The van der Waals surface area contributed by atoms with Gasteiger partial charge in [-0.2, -0.15) is 0 Å². The van der Waals surface area contributed by atoms with E-state index in [1.807, 2.05) is 0 Å². The Bertz CT molecular complexity index is 131. The molecule has 1 rings (SSSR count). The van der Waals surface area contributed by atoms with Crippen LogP contribution in [-0.2, 0) is 0 Å². The second-order valence-electron chi connectivity index (χ2n) is 5.17. The monoisotopic (exact) mass is 183 g/mol. The molecule has 0 aliphatic carbocycles. The molecule has 1 heterocycles. The number of hydrogen-bond donors (Lipinski definition) is 1. The van der Waals surface area contributed by atoms with Crippen molar-refractivity contribution in [2.45, 2.75) is 58.5 Å². The molecule has 1 fully saturated rings. The smallest absolute Gasteiger partial charge is 0.0132 e. The zero-order valence-corrected chi connectivity index (χ0v) is 9.91. The molecule has 1 nitrogen and oxygen atoms in total. The van der Waals surface area contributed by atoms with Crippen molar-refractivity contribution in [2.24, 2.45) is 5.92 Å². The van der Waals surface area contributed by atoms with E-state index in [0.29, 0.717) is 5.92 Å². The third-order valence-electron chi connectivity index (χ3n) is 2.27. The van der Waals surface area contributed by atoms with Gasteiger partial charge in [0.15, 0.2) is 0 Å². The van der Waals surface area contributed by atoms with E-state index in [4.69, 9.17) is 0 Å². The van der Waals surface area contributed by atoms with Gasteiger partial charge in [-0.15, -0.1) is 0 Å². The highest BCUT2D eigenvalue weighted by Gasteiger charge is 2.35. The van der Waals surface area contributed by atoms with Crippen LogP contribution >= 0.6 is 0 Å². The molecule has 0 spiro atoms. The first-order valence-corrected chi connectivity index (χ1v) is 5.14. The van der Waals surface area contributed by atoms with Crippen molar-refractivity contribution in [1.29, 1.82) is 0 Å². The summed E-state index contributed by atoms with van der Waals surface area (Å²) in [6.45, 7) is 18.2. The number of hydrogen-bond acceptors (Lipinski definition) is 1. The molecule has 0 atom stereocenters. The summed E-state index contributed by atoms with van der Waals surface area (Å²) < 4.78 is 0. The third-order valence-corrected chi connectivity index (χ3v) is 2.27. The fraction of sp³-hybridized carbons (Fsp3) is 0.833. The standard InChI is InChI=1S/C10H20N.C2H5/c1-8-6-9(2,3)11-10(4,5)7-8;1-2/h8,11H,1,6-7H2,2-5H3;1H2,2H3. The van der Waals surface area contributed by atoms with Gasteiger partial charge in [0.1, 0.15) is 0 Å². The molecule has 0 aromatic heterocycles. The Hall–Kier alpha value is -0.0400. The Kier molecular flexibility index (Phi) is 4.44. The lowest BCUT2D eigenvalue weighted by Crippen LogP contribution is -2.57. The summed E-state index contributed by atoms with van der Waals surface area (Å²) in [5, 5.41) is 3.62. The van der Waals surface area contributed by atoms with E-state index in [2.05, 4.69) is 46.9 Å². The predicted octanol–water partition coefficient (Wildman–Crippen LogP) is 3.22. The van der Waals surface area contributed by atoms with E-state index in [1.54, 1.807) is 6.92 Å². The minimum atomic E-state index is 0.272. The predicted molar refractivity (Wildman–Crippen MR) is 60.4 cm³/mol. The molecule has 1 N–H and O–H groups in total. The zero-order chi connectivity index (χ0) is 10.7. The van der Waals surface area contributed by atoms with Crippen LogP contribution in [0.15, 0.2) is 0 Å². The lowest BCUT2D eigenvalue weighted by molar-refractivity contribution is 0.149. The van der Waals surface area contributed by atoms with E-state index in [-0.39, 0.29) is 11.1 Å². The minimum absolute atomic E-state index is 0.272. The summed E-state index contributed by atoms with van der Waals surface area (Å²) in [4.78, 5) is 0. The molecule has 0 aromatic rings. The number of rotatable bonds is 0. The van der Waals surface area contributed by atoms with Gasteiger partial charge in [-0.05, 0) is 46.5 Å². The first-order valence-electron chi connectivity index (χ1n) is 5.14. The van der Waals surface area contributed by atoms with Crippen LogP contribution in [0.4, 0.5) is 0 Å². The lowest BCUT2D eigenvalue weighted by atomic mass is 9.77. The molecule has 1 saturated heterocycles. The maximum Gasteiger partial charge on any atom is 0.0132 e. The van der Waals surface area contributed by atoms with Gasteiger partial charge in [-0.3, -0.25) is 0 Å². The highest BCUT2D eigenvalue weighted by Crippen LogP contribution is 2.31. The number of nitrogens with one attached hydrogen (secondary N) is 1. The van der Waals surface area contributed by atoms with Crippen LogP contribution in [0.2, 0.25) is 0 Å². The van der Waals surface area contributed by atoms with Crippen LogP contribution in [-0.4, -0.2) is 11.1 Å². The van der Waals surface area contributed by atoms with Gasteiger partial charge in [-0.1, -0.05) is 20.8 Å². The zero-order valence-electron chi connectivity index (χ0n) is 9.91. The first-order chi connectivity index (χ1) is 5.81. The third kappa shape index (κ3) is 4.66. The van der Waals surface area contributed by atoms with Gasteiger partial charge in [0, 0.05) is 11.1 Å². The Morgan fingerprint density at radius 1 is 1.00 bits per heavy atom. The Morgan fingerprint density at radius 2 is 1.31 bits per heavy atom. The molecule has 1 aliphatic heterocycles. The molecule has 0 bridgehead atoms. The Labute approximate surface area is 84.3 Å². The van der Waals surface area contributed by atoms with Crippen molar-refractivity contribution < 1.29 is 0 Å². The normalized spacial score (nSPS) is 26.1. The molecule has 78 valence electrons. The Morgan fingerprint density at radius 3 is 1.54 bits per heavy atom. The molecule has 0 amide bonds. The fourth-order valence-electron chi connectivity index (χ4n) is 2.53. The van der Waals surface area contributed by atoms with Gasteiger partial charge < -0.3 is 5.32 Å². The average Bonchev–Trinajstić information content (AvgIpc) is 1.82. The summed E-state index contributed by atoms with van der Waals surface area (Å²) in [7, 11) is 0. The highest BCUT2D eigenvalue weighted by molar-refractivity contribution is 4.97. The van der Waals surface area contributed by atoms with Gasteiger partial charge in [0.25, 0.3) is 0 Å². The van der Waals surface area contributed by atoms with Gasteiger partial charge >= 0.3 is 0 Å². The molecule has 1 heteroatoms. The average molecular weight is 183 g/mol. The van der Waals surface area contributed by atoms with Crippen molar-refractivity contribution in [3.8, 4) is 0 Å². The van der Waals surface area contributed by atoms with Crippen molar-refractivity contribution in [3.05, 3.63) is 13.8 Å². The van der Waals surface area contributed by atoms with E-state index in [1.165, 1.54) is 12.8 Å². The van der Waals surface area contributed by atoms with E-state index >= 15 is 0 Å². The molecular weight excluding hydrogens is 158 g/mol. The summed E-state index contributed by atoms with van der Waals surface area (Å²) in [6, 6.07) is 0. The quantitative estimate of drug-likeness (QED) is 0.608. The first kappa shape index (κ1) is 13.0. The van der Waals surface area contributed by atoms with Crippen LogP contribution in [0.1, 0.15) is 47.5 Å². The topological polar surface area (TPSA) is 12.0 Å². The van der Waals surface area contributed by atoms with Crippen LogP contribution < -0.4 is 5.32 Å². The maximum atomic E-state index is 4.15. The Balaban J connectivity index is 0.000000671.